The number of carbonyl (C=O) groups is 1. The Hall–Kier alpha value is -4.00. The SMILES string of the molecule is Cc1cccc(-c2noc(C(Cc3ccccc3)NC(=O)Nc3cccc(F)c3)n2)c1. The summed E-state index contributed by atoms with van der Waals surface area (Å²) in [5, 5.41) is 9.58. The quantitative estimate of drug-likeness (QED) is 0.448. The number of nitrogens with zero attached hydrogens (tertiary/aromatic N) is 2. The molecular weight excluding hydrogens is 395 g/mol. The molecule has 1 unspecified atom stereocenters. The lowest BCUT2D eigenvalue weighted by atomic mass is 10.1. The largest absolute Gasteiger partial charge is 0.337 e. The van der Waals surface area contributed by atoms with E-state index in [1.54, 1.807) is 6.07 Å². The number of halogens is 1. The third-order valence-electron chi connectivity index (χ3n) is 4.69. The molecule has 6 nitrogen and oxygen atoms in total. The van der Waals surface area contributed by atoms with Crippen molar-refractivity contribution in [2.45, 2.75) is 19.4 Å². The van der Waals surface area contributed by atoms with Gasteiger partial charge in [0.05, 0.1) is 0 Å². The lowest BCUT2D eigenvalue weighted by Gasteiger charge is -2.16. The maximum atomic E-state index is 13.4. The fraction of sp³-hybridized carbons (Fsp3) is 0.125. The van der Waals surface area contributed by atoms with Crippen molar-refractivity contribution in [2.24, 2.45) is 0 Å². The summed E-state index contributed by atoms with van der Waals surface area (Å²) < 4.78 is 18.9. The monoisotopic (exact) mass is 416 g/mol. The van der Waals surface area contributed by atoms with E-state index in [-0.39, 0.29) is 5.89 Å². The molecule has 0 aliphatic heterocycles. The predicted molar refractivity (Wildman–Crippen MR) is 116 cm³/mol. The number of rotatable bonds is 6. The number of urea groups is 1. The molecule has 0 saturated heterocycles. The molecule has 3 aromatic carbocycles. The molecule has 4 rings (SSSR count). The predicted octanol–water partition coefficient (Wildman–Crippen LogP) is 5.29. The fourth-order valence-corrected chi connectivity index (χ4v) is 3.22. The Bertz CT molecular complexity index is 1180. The van der Waals surface area contributed by atoms with E-state index in [2.05, 4.69) is 20.8 Å². The Balaban J connectivity index is 1.56. The van der Waals surface area contributed by atoms with E-state index in [1.165, 1.54) is 18.2 Å². The molecule has 1 heterocycles. The molecule has 0 aliphatic carbocycles. The van der Waals surface area contributed by atoms with Gasteiger partial charge in [-0.2, -0.15) is 4.98 Å². The molecule has 0 spiro atoms. The normalized spacial score (nSPS) is 11.7. The molecule has 2 amide bonds. The van der Waals surface area contributed by atoms with Crippen molar-refractivity contribution in [3.8, 4) is 11.4 Å². The van der Waals surface area contributed by atoms with Gasteiger partial charge >= 0.3 is 6.03 Å². The number of benzene rings is 3. The Morgan fingerprint density at radius 2 is 1.84 bits per heavy atom. The van der Waals surface area contributed by atoms with Crippen molar-refractivity contribution in [2.75, 3.05) is 5.32 Å². The number of anilines is 1. The maximum absolute atomic E-state index is 13.4. The third-order valence-corrected chi connectivity index (χ3v) is 4.69. The number of hydrogen-bond donors (Lipinski definition) is 2. The summed E-state index contributed by atoms with van der Waals surface area (Å²) >= 11 is 0. The molecule has 1 atom stereocenters. The molecule has 7 heteroatoms. The number of nitrogens with one attached hydrogen (secondary N) is 2. The zero-order valence-corrected chi connectivity index (χ0v) is 16.9. The van der Waals surface area contributed by atoms with E-state index >= 15 is 0 Å². The molecule has 1 aromatic heterocycles. The van der Waals surface area contributed by atoms with Crippen molar-refractivity contribution >= 4 is 11.7 Å². The van der Waals surface area contributed by atoms with Crippen LogP contribution in [-0.4, -0.2) is 16.2 Å². The molecular formula is C24H21FN4O2. The van der Waals surface area contributed by atoms with Crippen molar-refractivity contribution in [1.29, 1.82) is 0 Å². The highest BCUT2D eigenvalue weighted by molar-refractivity contribution is 5.89. The van der Waals surface area contributed by atoms with Crippen LogP contribution in [0.4, 0.5) is 14.9 Å². The van der Waals surface area contributed by atoms with Crippen molar-refractivity contribution < 1.29 is 13.7 Å². The van der Waals surface area contributed by atoms with Gasteiger partial charge in [-0.15, -0.1) is 0 Å². The van der Waals surface area contributed by atoms with Crippen LogP contribution in [0.3, 0.4) is 0 Å². The highest BCUT2D eigenvalue weighted by atomic mass is 19.1. The van der Waals surface area contributed by atoms with Gasteiger partial charge < -0.3 is 15.2 Å². The first-order chi connectivity index (χ1) is 15.1. The molecule has 0 fully saturated rings. The molecule has 31 heavy (non-hydrogen) atoms. The van der Waals surface area contributed by atoms with Gasteiger partial charge in [-0.1, -0.05) is 65.3 Å². The molecule has 156 valence electrons. The van der Waals surface area contributed by atoms with Gasteiger partial charge in [0.2, 0.25) is 11.7 Å². The maximum Gasteiger partial charge on any atom is 0.319 e. The van der Waals surface area contributed by atoms with Crippen LogP contribution < -0.4 is 10.6 Å². The standard InChI is InChI=1S/C24H21FN4O2/c1-16-7-5-10-18(13-16)22-28-23(31-29-22)21(14-17-8-3-2-4-9-17)27-24(30)26-20-12-6-11-19(25)15-20/h2-13,15,21H,14H2,1H3,(H2,26,27,30). The fourth-order valence-electron chi connectivity index (χ4n) is 3.22. The average Bonchev–Trinajstić information content (AvgIpc) is 3.24. The summed E-state index contributed by atoms with van der Waals surface area (Å²) in [6.07, 6.45) is 0.451. The van der Waals surface area contributed by atoms with Gasteiger partial charge in [0.15, 0.2) is 0 Å². The van der Waals surface area contributed by atoms with Crippen LogP contribution in [0.1, 0.15) is 23.1 Å². The van der Waals surface area contributed by atoms with Crippen LogP contribution in [0.25, 0.3) is 11.4 Å². The molecule has 0 saturated carbocycles. The van der Waals surface area contributed by atoms with Gasteiger partial charge in [-0.25, -0.2) is 9.18 Å². The van der Waals surface area contributed by atoms with Crippen LogP contribution in [0.15, 0.2) is 83.4 Å². The Labute approximate surface area is 179 Å². The lowest BCUT2D eigenvalue weighted by molar-refractivity contribution is 0.243. The summed E-state index contributed by atoms with van der Waals surface area (Å²) in [5.41, 5.74) is 3.26. The van der Waals surface area contributed by atoms with Gasteiger partial charge in [0.1, 0.15) is 11.9 Å². The Morgan fingerprint density at radius 1 is 1.03 bits per heavy atom. The third kappa shape index (κ3) is 5.33. The molecule has 2 N–H and O–H groups in total. The van der Waals surface area contributed by atoms with Gasteiger partial charge in [-0.05, 0) is 36.8 Å². The summed E-state index contributed by atoms with van der Waals surface area (Å²) in [4.78, 5) is 17.1. The first-order valence-electron chi connectivity index (χ1n) is 9.84. The van der Waals surface area contributed by atoms with E-state index in [9.17, 15) is 9.18 Å². The first-order valence-corrected chi connectivity index (χ1v) is 9.84. The highest BCUT2D eigenvalue weighted by Gasteiger charge is 2.22. The lowest BCUT2D eigenvalue weighted by Crippen LogP contribution is -2.34. The van der Waals surface area contributed by atoms with Gasteiger partial charge in [-0.3, -0.25) is 0 Å². The Kier molecular flexibility index (Phi) is 6.03. The van der Waals surface area contributed by atoms with E-state index in [1.807, 2.05) is 61.5 Å². The second kappa shape index (κ2) is 9.21. The topological polar surface area (TPSA) is 80.0 Å². The minimum Gasteiger partial charge on any atom is -0.337 e. The van der Waals surface area contributed by atoms with E-state index in [0.29, 0.717) is 17.9 Å². The van der Waals surface area contributed by atoms with Crippen molar-refractivity contribution in [1.82, 2.24) is 15.5 Å². The molecule has 4 aromatic rings. The molecule has 0 bridgehead atoms. The minimum absolute atomic E-state index is 0.287. The molecule has 0 radical (unpaired) electrons. The molecule has 0 aliphatic rings. The van der Waals surface area contributed by atoms with Crippen LogP contribution in [0.5, 0.6) is 0 Å². The highest BCUT2D eigenvalue weighted by Crippen LogP contribution is 2.22. The van der Waals surface area contributed by atoms with Gasteiger partial charge in [0.25, 0.3) is 0 Å². The van der Waals surface area contributed by atoms with Crippen LogP contribution >= 0.6 is 0 Å². The van der Waals surface area contributed by atoms with E-state index < -0.39 is 17.9 Å². The smallest absolute Gasteiger partial charge is 0.319 e. The first kappa shape index (κ1) is 20.3. The number of hydrogen-bond acceptors (Lipinski definition) is 4. The number of aromatic nitrogens is 2. The second-order valence-corrected chi connectivity index (χ2v) is 7.18. The van der Waals surface area contributed by atoms with Crippen molar-refractivity contribution in [3.63, 3.8) is 0 Å². The van der Waals surface area contributed by atoms with E-state index in [4.69, 9.17) is 4.52 Å². The summed E-state index contributed by atoms with van der Waals surface area (Å²) in [6.45, 7) is 1.99. The number of carbonyl (C=O) groups excluding carboxylic acids is 1. The summed E-state index contributed by atoms with van der Waals surface area (Å²) in [5.74, 6) is 0.303. The van der Waals surface area contributed by atoms with Crippen molar-refractivity contribution in [3.05, 3.63) is 102 Å². The van der Waals surface area contributed by atoms with Crippen LogP contribution in [0, 0.1) is 12.7 Å². The van der Waals surface area contributed by atoms with Crippen LogP contribution in [-0.2, 0) is 6.42 Å². The zero-order valence-electron chi connectivity index (χ0n) is 16.9. The summed E-state index contributed by atoms with van der Waals surface area (Å²) in [6, 6.07) is 22.1. The Morgan fingerprint density at radius 3 is 2.61 bits per heavy atom. The zero-order chi connectivity index (χ0) is 21.6. The van der Waals surface area contributed by atoms with E-state index in [0.717, 1.165) is 16.7 Å². The average molecular weight is 416 g/mol. The number of amides is 2. The van der Waals surface area contributed by atoms with Crippen LogP contribution in [0.2, 0.25) is 0 Å². The minimum atomic E-state index is -0.568. The second-order valence-electron chi connectivity index (χ2n) is 7.18. The number of aryl methyl sites for hydroxylation is 1. The van der Waals surface area contributed by atoms with Gasteiger partial charge in [0, 0.05) is 17.7 Å². The summed E-state index contributed by atoms with van der Waals surface area (Å²) in [7, 11) is 0.